The van der Waals surface area contributed by atoms with Crippen molar-refractivity contribution in [3.05, 3.63) is 22.6 Å². The average Bonchev–Trinajstić information content (AvgIpc) is 2.66. The van der Waals surface area contributed by atoms with Crippen LogP contribution in [0.25, 0.3) is 0 Å². The molecule has 0 spiro atoms. The number of nitrogens with one attached hydrogen (secondary N) is 2. The van der Waals surface area contributed by atoms with E-state index in [4.69, 9.17) is 4.42 Å². The summed E-state index contributed by atoms with van der Waals surface area (Å²) >= 11 is 3.26. The Bertz CT molecular complexity index is 350. The number of halogens is 2. The Kier molecular flexibility index (Phi) is 5.31. The van der Waals surface area contributed by atoms with Crippen molar-refractivity contribution in [2.45, 2.75) is 18.9 Å². The molecule has 0 saturated carbocycles. The molecule has 1 amide bonds. The Labute approximate surface area is 109 Å². The molecular formula is C10H14BrClN2O2. The summed E-state index contributed by atoms with van der Waals surface area (Å²) in [6, 6.07) is 1.98. The number of rotatable bonds is 2. The van der Waals surface area contributed by atoms with Gasteiger partial charge in [-0.1, -0.05) is 0 Å². The van der Waals surface area contributed by atoms with Gasteiger partial charge < -0.3 is 15.1 Å². The number of hydrogen-bond acceptors (Lipinski definition) is 3. The second-order valence-electron chi connectivity index (χ2n) is 3.60. The molecule has 1 aliphatic rings. The van der Waals surface area contributed by atoms with Crippen molar-refractivity contribution in [3.63, 3.8) is 0 Å². The SMILES string of the molecule is Cl.O=C(NC1CCNCC1)c1occc1Br. The number of hydrogen-bond donors (Lipinski definition) is 2. The second-order valence-corrected chi connectivity index (χ2v) is 4.45. The van der Waals surface area contributed by atoms with Crippen LogP contribution in [0.2, 0.25) is 0 Å². The van der Waals surface area contributed by atoms with Crippen LogP contribution in [0.5, 0.6) is 0 Å². The largest absolute Gasteiger partial charge is 0.458 e. The third-order valence-electron chi connectivity index (χ3n) is 2.50. The van der Waals surface area contributed by atoms with Crippen LogP contribution >= 0.6 is 28.3 Å². The molecule has 0 radical (unpaired) electrons. The molecule has 1 fully saturated rings. The molecule has 1 saturated heterocycles. The highest BCUT2D eigenvalue weighted by Gasteiger charge is 2.19. The first-order valence-electron chi connectivity index (χ1n) is 5.02. The lowest BCUT2D eigenvalue weighted by molar-refractivity contribution is 0.0900. The van der Waals surface area contributed by atoms with Gasteiger partial charge in [-0.05, 0) is 47.9 Å². The molecule has 2 rings (SSSR count). The summed E-state index contributed by atoms with van der Waals surface area (Å²) in [6.45, 7) is 1.93. The molecule has 4 nitrogen and oxygen atoms in total. The first kappa shape index (κ1) is 13.5. The maximum Gasteiger partial charge on any atom is 0.288 e. The summed E-state index contributed by atoms with van der Waals surface area (Å²) in [6.07, 6.45) is 3.45. The van der Waals surface area contributed by atoms with Crippen LogP contribution in [-0.2, 0) is 0 Å². The molecule has 1 aliphatic heterocycles. The van der Waals surface area contributed by atoms with Crippen LogP contribution in [0.15, 0.2) is 21.2 Å². The molecule has 90 valence electrons. The van der Waals surface area contributed by atoms with E-state index in [1.165, 1.54) is 6.26 Å². The minimum Gasteiger partial charge on any atom is -0.458 e. The van der Waals surface area contributed by atoms with Crippen molar-refractivity contribution in [2.24, 2.45) is 0 Å². The van der Waals surface area contributed by atoms with E-state index in [0.29, 0.717) is 10.2 Å². The maximum atomic E-state index is 11.7. The third kappa shape index (κ3) is 3.23. The van der Waals surface area contributed by atoms with Crippen LogP contribution in [0, 0.1) is 0 Å². The smallest absolute Gasteiger partial charge is 0.288 e. The van der Waals surface area contributed by atoms with Crippen LogP contribution in [0.4, 0.5) is 0 Å². The van der Waals surface area contributed by atoms with Crippen LogP contribution < -0.4 is 10.6 Å². The van der Waals surface area contributed by atoms with Gasteiger partial charge in [0.15, 0.2) is 0 Å². The Morgan fingerprint density at radius 1 is 1.50 bits per heavy atom. The van der Waals surface area contributed by atoms with E-state index in [1.807, 2.05) is 0 Å². The number of piperidine rings is 1. The average molecular weight is 310 g/mol. The lowest BCUT2D eigenvalue weighted by Crippen LogP contribution is -2.42. The number of carbonyl (C=O) groups excluding carboxylic acids is 1. The van der Waals surface area contributed by atoms with E-state index in [1.54, 1.807) is 6.07 Å². The zero-order valence-electron chi connectivity index (χ0n) is 8.66. The minimum atomic E-state index is -0.140. The Balaban J connectivity index is 0.00000128. The third-order valence-corrected chi connectivity index (χ3v) is 3.12. The van der Waals surface area contributed by atoms with Crippen molar-refractivity contribution in [1.29, 1.82) is 0 Å². The molecular weight excluding hydrogens is 295 g/mol. The number of carbonyl (C=O) groups is 1. The van der Waals surface area contributed by atoms with Gasteiger partial charge in [-0.2, -0.15) is 0 Å². The van der Waals surface area contributed by atoms with Gasteiger partial charge in [0.05, 0.1) is 10.7 Å². The Hall–Kier alpha value is -0.520. The van der Waals surface area contributed by atoms with Gasteiger partial charge in [-0.25, -0.2) is 0 Å². The van der Waals surface area contributed by atoms with Crippen molar-refractivity contribution >= 4 is 34.2 Å². The summed E-state index contributed by atoms with van der Waals surface area (Å²) in [7, 11) is 0. The summed E-state index contributed by atoms with van der Waals surface area (Å²) in [5.41, 5.74) is 0. The molecule has 0 aromatic carbocycles. The van der Waals surface area contributed by atoms with Crippen molar-refractivity contribution in [3.8, 4) is 0 Å². The first-order valence-corrected chi connectivity index (χ1v) is 5.81. The van der Waals surface area contributed by atoms with Crippen molar-refractivity contribution in [2.75, 3.05) is 13.1 Å². The lowest BCUT2D eigenvalue weighted by atomic mass is 10.1. The molecule has 0 bridgehead atoms. The maximum absolute atomic E-state index is 11.7. The first-order chi connectivity index (χ1) is 7.27. The van der Waals surface area contributed by atoms with Crippen LogP contribution in [0.1, 0.15) is 23.4 Å². The van der Waals surface area contributed by atoms with Gasteiger partial charge in [0.1, 0.15) is 0 Å². The predicted molar refractivity (Wildman–Crippen MR) is 67.0 cm³/mol. The van der Waals surface area contributed by atoms with Gasteiger partial charge in [-0.3, -0.25) is 4.79 Å². The topological polar surface area (TPSA) is 54.3 Å². The molecule has 2 N–H and O–H groups in total. The van der Waals surface area contributed by atoms with Gasteiger partial charge in [0.2, 0.25) is 5.76 Å². The highest BCUT2D eigenvalue weighted by atomic mass is 79.9. The summed E-state index contributed by atoms with van der Waals surface area (Å²) < 4.78 is 5.80. The Morgan fingerprint density at radius 3 is 2.75 bits per heavy atom. The highest BCUT2D eigenvalue weighted by molar-refractivity contribution is 9.10. The second kappa shape index (κ2) is 6.27. The fraction of sp³-hybridized carbons (Fsp3) is 0.500. The van der Waals surface area contributed by atoms with Crippen molar-refractivity contribution < 1.29 is 9.21 Å². The predicted octanol–water partition coefficient (Wildman–Crippen LogP) is 1.95. The molecule has 0 unspecified atom stereocenters. The van der Waals surface area contributed by atoms with E-state index >= 15 is 0 Å². The fourth-order valence-electron chi connectivity index (χ4n) is 1.67. The van der Waals surface area contributed by atoms with E-state index < -0.39 is 0 Å². The monoisotopic (exact) mass is 308 g/mol. The molecule has 2 heterocycles. The zero-order valence-corrected chi connectivity index (χ0v) is 11.1. The fourth-order valence-corrected chi connectivity index (χ4v) is 2.05. The summed E-state index contributed by atoms with van der Waals surface area (Å²) in [5, 5.41) is 6.21. The highest BCUT2D eigenvalue weighted by Crippen LogP contribution is 2.17. The van der Waals surface area contributed by atoms with Gasteiger partial charge in [0, 0.05) is 6.04 Å². The summed E-state index contributed by atoms with van der Waals surface area (Å²) in [5.74, 6) is 0.215. The van der Waals surface area contributed by atoms with Crippen LogP contribution in [0.3, 0.4) is 0 Å². The lowest BCUT2D eigenvalue weighted by Gasteiger charge is -2.23. The van der Waals surface area contributed by atoms with Crippen LogP contribution in [-0.4, -0.2) is 25.0 Å². The van der Waals surface area contributed by atoms with Gasteiger partial charge in [-0.15, -0.1) is 12.4 Å². The van der Waals surface area contributed by atoms with Gasteiger partial charge in [0.25, 0.3) is 5.91 Å². The molecule has 0 aliphatic carbocycles. The molecule has 6 heteroatoms. The van der Waals surface area contributed by atoms with E-state index in [9.17, 15) is 4.79 Å². The molecule has 16 heavy (non-hydrogen) atoms. The minimum absolute atomic E-state index is 0. The molecule has 1 aromatic rings. The quantitative estimate of drug-likeness (QED) is 0.878. The molecule has 0 atom stereocenters. The van der Waals surface area contributed by atoms with E-state index in [-0.39, 0.29) is 24.4 Å². The van der Waals surface area contributed by atoms with E-state index in [0.717, 1.165) is 25.9 Å². The number of furan rings is 1. The van der Waals surface area contributed by atoms with Gasteiger partial charge >= 0.3 is 0 Å². The van der Waals surface area contributed by atoms with E-state index in [2.05, 4.69) is 26.6 Å². The Morgan fingerprint density at radius 2 is 2.19 bits per heavy atom. The molecule has 1 aromatic heterocycles. The van der Waals surface area contributed by atoms with Crippen molar-refractivity contribution in [1.82, 2.24) is 10.6 Å². The number of amides is 1. The standard InChI is InChI=1S/C10H13BrN2O2.ClH/c11-8-3-6-15-9(8)10(14)13-7-1-4-12-5-2-7;/h3,6-7,12H,1-2,4-5H2,(H,13,14);1H. The normalized spacial score (nSPS) is 16.6. The summed E-state index contributed by atoms with van der Waals surface area (Å²) in [4.78, 5) is 11.7. The zero-order chi connectivity index (χ0) is 10.7.